The fourth-order valence-electron chi connectivity index (χ4n) is 8.32. The summed E-state index contributed by atoms with van der Waals surface area (Å²) in [6.07, 6.45) is 0. The Balaban J connectivity index is 1.12. The normalized spacial score (nSPS) is 12.9. The molecule has 8 aromatic carbocycles. The van der Waals surface area contributed by atoms with Crippen molar-refractivity contribution in [3.63, 3.8) is 0 Å². The summed E-state index contributed by atoms with van der Waals surface area (Å²) in [5.41, 5.74) is 13.2. The van der Waals surface area contributed by atoms with Gasteiger partial charge in [0, 0.05) is 22.1 Å². The van der Waals surface area contributed by atoms with Crippen LogP contribution in [0.3, 0.4) is 0 Å². The highest BCUT2D eigenvalue weighted by Crippen LogP contribution is 2.50. The number of nitrogens with zero attached hydrogens (tertiary/aromatic N) is 3. The van der Waals surface area contributed by atoms with E-state index in [-0.39, 0.29) is 5.41 Å². The van der Waals surface area contributed by atoms with Crippen molar-refractivity contribution in [2.75, 3.05) is 0 Å². The number of hydrogen-bond acceptors (Lipinski definition) is 3. The molecule has 1 aliphatic carbocycles. The van der Waals surface area contributed by atoms with Crippen molar-refractivity contribution < 1.29 is 0 Å². The van der Waals surface area contributed by atoms with Crippen molar-refractivity contribution in [2.45, 2.75) is 19.3 Å². The molecular weight excluding hydrogens is 643 g/mol. The van der Waals surface area contributed by atoms with Gasteiger partial charge in [-0.05, 0) is 78.2 Å². The van der Waals surface area contributed by atoms with Crippen LogP contribution in [-0.4, -0.2) is 15.0 Å². The fourth-order valence-corrected chi connectivity index (χ4v) is 8.32. The van der Waals surface area contributed by atoms with E-state index >= 15 is 0 Å². The van der Waals surface area contributed by atoms with Crippen molar-refractivity contribution in [1.82, 2.24) is 15.0 Å². The molecule has 0 N–H and O–H groups in total. The molecule has 1 aliphatic rings. The SMILES string of the molecule is CC1(C)c2ccccc2-c2ccc(-c3ccc(-c4ccc(-c5nc(-c6ccccc6)nc(-c6ccccc6)n5)c5ccccc45)c4ccccc34)cc21. The molecule has 1 aromatic heterocycles. The van der Waals surface area contributed by atoms with Crippen LogP contribution in [0.2, 0.25) is 0 Å². The second kappa shape index (κ2) is 12.2. The molecule has 0 saturated heterocycles. The third-order valence-corrected chi connectivity index (χ3v) is 11.0. The lowest BCUT2D eigenvalue weighted by Crippen LogP contribution is -2.14. The van der Waals surface area contributed by atoms with Gasteiger partial charge in [0.05, 0.1) is 0 Å². The molecular formula is C50H35N3. The summed E-state index contributed by atoms with van der Waals surface area (Å²) in [6, 6.07) is 62.6. The van der Waals surface area contributed by atoms with Gasteiger partial charge >= 0.3 is 0 Å². The zero-order chi connectivity index (χ0) is 35.5. The van der Waals surface area contributed by atoms with Crippen LogP contribution in [0.1, 0.15) is 25.0 Å². The second-order valence-corrected chi connectivity index (χ2v) is 14.4. The quantitative estimate of drug-likeness (QED) is 0.182. The third kappa shape index (κ3) is 5.08. The summed E-state index contributed by atoms with van der Waals surface area (Å²) < 4.78 is 0. The van der Waals surface area contributed by atoms with Crippen molar-refractivity contribution in [3.8, 4) is 67.5 Å². The molecule has 9 aromatic rings. The fraction of sp³-hybridized carbons (Fsp3) is 0.0600. The molecule has 3 heteroatoms. The van der Waals surface area contributed by atoms with E-state index in [2.05, 4.69) is 129 Å². The number of fused-ring (bicyclic) bond motifs is 5. The maximum Gasteiger partial charge on any atom is 0.164 e. The van der Waals surface area contributed by atoms with E-state index in [1.54, 1.807) is 0 Å². The van der Waals surface area contributed by atoms with Crippen LogP contribution in [0, 0.1) is 0 Å². The van der Waals surface area contributed by atoms with Crippen molar-refractivity contribution in [1.29, 1.82) is 0 Å². The van der Waals surface area contributed by atoms with E-state index in [4.69, 9.17) is 15.0 Å². The van der Waals surface area contributed by atoms with Gasteiger partial charge in [0.25, 0.3) is 0 Å². The zero-order valence-corrected chi connectivity index (χ0v) is 29.6. The minimum absolute atomic E-state index is 0.0550. The zero-order valence-electron chi connectivity index (χ0n) is 29.6. The molecule has 3 nitrogen and oxygen atoms in total. The first-order valence-corrected chi connectivity index (χ1v) is 18.2. The van der Waals surface area contributed by atoms with Crippen LogP contribution in [-0.2, 0) is 5.41 Å². The van der Waals surface area contributed by atoms with E-state index in [1.807, 2.05) is 60.7 Å². The topological polar surface area (TPSA) is 38.7 Å². The molecule has 10 rings (SSSR count). The van der Waals surface area contributed by atoms with E-state index in [1.165, 1.54) is 55.3 Å². The van der Waals surface area contributed by atoms with Gasteiger partial charge in [0.15, 0.2) is 17.5 Å². The van der Waals surface area contributed by atoms with Crippen molar-refractivity contribution in [2.24, 2.45) is 0 Å². The summed E-state index contributed by atoms with van der Waals surface area (Å²) >= 11 is 0. The first-order chi connectivity index (χ1) is 26.0. The first kappa shape index (κ1) is 31.1. The third-order valence-electron chi connectivity index (χ3n) is 11.0. The molecule has 250 valence electrons. The average molecular weight is 678 g/mol. The molecule has 0 fully saturated rings. The lowest BCUT2D eigenvalue weighted by Gasteiger charge is -2.22. The number of hydrogen-bond donors (Lipinski definition) is 0. The summed E-state index contributed by atoms with van der Waals surface area (Å²) in [7, 11) is 0. The maximum atomic E-state index is 5.07. The summed E-state index contributed by atoms with van der Waals surface area (Å²) in [5, 5.41) is 4.72. The van der Waals surface area contributed by atoms with Crippen LogP contribution in [0.25, 0.3) is 89.1 Å². The first-order valence-electron chi connectivity index (χ1n) is 18.2. The van der Waals surface area contributed by atoms with Gasteiger partial charge in [0.2, 0.25) is 0 Å². The van der Waals surface area contributed by atoms with Gasteiger partial charge in [-0.2, -0.15) is 0 Å². The summed E-state index contributed by atoms with van der Waals surface area (Å²) in [5.74, 6) is 1.97. The Morgan fingerprint density at radius 2 is 0.717 bits per heavy atom. The Labute approximate surface area is 309 Å². The average Bonchev–Trinajstić information content (AvgIpc) is 3.46. The Morgan fingerprint density at radius 3 is 1.32 bits per heavy atom. The maximum absolute atomic E-state index is 5.07. The van der Waals surface area contributed by atoms with Crippen molar-refractivity contribution >= 4 is 21.5 Å². The molecule has 0 radical (unpaired) electrons. The van der Waals surface area contributed by atoms with Crippen LogP contribution in [0.4, 0.5) is 0 Å². The van der Waals surface area contributed by atoms with Gasteiger partial charge < -0.3 is 0 Å². The smallest absolute Gasteiger partial charge is 0.164 e. The van der Waals surface area contributed by atoms with E-state index in [0.29, 0.717) is 17.5 Å². The molecule has 0 bridgehead atoms. The van der Waals surface area contributed by atoms with Gasteiger partial charge in [-0.3, -0.25) is 0 Å². The Kier molecular flexibility index (Phi) is 7.16. The highest BCUT2D eigenvalue weighted by atomic mass is 15.0. The van der Waals surface area contributed by atoms with Crippen LogP contribution >= 0.6 is 0 Å². The van der Waals surface area contributed by atoms with E-state index in [9.17, 15) is 0 Å². The van der Waals surface area contributed by atoms with Crippen LogP contribution in [0.5, 0.6) is 0 Å². The highest BCUT2D eigenvalue weighted by molar-refractivity contribution is 6.12. The van der Waals surface area contributed by atoms with E-state index in [0.717, 1.165) is 27.5 Å². The molecule has 53 heavy (non-hydrogen) atoms. The predicted molar refractivity (Wildman–Crippen MR) is 220 cm³/mol. The summed E-state index contributed by atoms with van der Waals surface area (Å²) in [4.78, 5) is 15.1. The van der Waals surface area contributed by atoms with E-state index < -0.39 is 0 Å². The second-order valence-electron chi connectivity index (χ2n) is 14.4. The van der Waals surface area contributed by atoms with Gasteiger partial charge in [-0.15, -0.1) is 0 Å². The lowest BCUT2D eigenvalue weighted by atomic mass is 9.81. The highest BCUT2D eigenvalue weighted by Gasteiger charge is 2.35. The van der Waals surface area contributed by atoms with Crippen LogP contribution in [0.15, 0.2) is 176 Å². The van der Waals surface area contributed by atoms with Gasteiger partial charge in [-0.1, -0.05) is 178 Å². The Morgan fingerprint density at radius 1 is 0.302 bits per heavy atom. The molecule has 1 heterocycles. The molecule has 0 saturated carbocycles. The molecule has 0 atom stereocenters. The molecule has 0 spiro atoms. The molecule has 0 unspecified atom stereocenters. The predicted octanol–water partition coefficient (Wildman–Crippen LogP) is 12.8. The lowest BCUT2D eigenvalue weighted by molar-refractivity contribution is 0.660. The number of rotatable bonds is 5. The standard InChI is InChI=1S/C50H35N3/c1-50(2)45-24-14-13-23-42(45)43-26-25-34(31-46(43)50)35-27-28-40(37-20-10-9-19-36(35)37)41-29-30-44(39-22-12-11-21-38(39)41)49-52-47(32-15-5-3-6-16-32)51-48(53-49)33-17-7-4-8-18-33/h3-31H,1-2H3. The number of benzene rings is 8. The Hall–Kier alpha value is -6.71. The van der Waals surface area contributed by atoms with Crippen LogP contribution < -0.4 is 0 Å². The van der Waals surface area contributed by atoms with Gasteiger partial charge in [0.1, 0.15) is 0 Å². The number of aromatic nitrogens is 3. The molecule has 0 aliphatic heterocycles. The minimum Gasteiger partial charge on any atom is -0.208 e. The minimum atomic E-state index is -0.0550. The molecule has 0 amide bonds. The van der Waals surface area contributed by atoms with Gasteiger partial charge in [-0.25, -0.2) is 15.0 Å². The van der Waals surface area contributed by atoms with Crippen molar-refractivity contribution in [3.05, 3.63) is 187 Å². The Bertz CT molecular complexity index is 2800. The largest absolute Gasteiger partial charge is 0.208 e. The summed E-state index contributed by atoms with van der Waals surface area (Å²) in [6.45, 7) is 4.69. The monoisotopic (exact) mass is 677 g/mol.